The second-order valence-corrected chi connectivity index (χ2v) is 5.04. The predicted molar refractivity (Wildman–Crippen MR) is 80.1 cm³/mol. The topological polar surface area (TPSA) is 97.7 Å². The van der Waals surface area contributed by atoms with Crippen LogP contribution in [0.4, 0.5) is 0 Å². The van der Waals surface area contributed by atoms with Gasteiger partial charge in [-0.25, -0.2) is 9.78 Å². The fourth-order valence-corrected chi connectivity index (χ4v) is 2.48. The van der Waals surface area contributed by atoms with Crippen LogP contribution in [-0.4, -0.2) is 30.6 Å². The molecule has 2 aliphatic rings. The summed E-state index contributed by atoms with van der Waals surface area (Å²) in [5.41, 5.74) is 0.410. The number of hydrogen-bond donors (Lipinski definition) is 1. The number of ketones is 1. The number of nitrogens with zero attached hydrogens (tertiary/aromatic N) is 3. The fourth-order valence-electron chi connectivity index (χ4n) is 2.15. The van der Waals surface area contributed by atoms with E-state index in [9.17, 15) is 14.4 Å². The van der Waals surface area contributed by atoms with E-state index in [-0.39, 0.29) is 22.6 Å². The molecule has 7 nitrogen and oxygen atoms in total. The van der Waals surface area contributed by atoms with Crippen LogP contribution in [0.25, 0.3) is 22.6 Å². The number of alkyl halides is 1. The van der Waals surface area contributed by atoms with Crippen molar-refractivity contribution < 1.29 is 4.79 Å². The number of aromatic nitrogens is 4. The van der Waals surface area contributed by atoms with Crippen molar-refractivity contribution >= 4 is 32.7 Å². The van der Waals surface area contributed by atoms with Crippen LogP contribution in [0.3, 0.4) is 0 Å². The van der Waals surface area contributed by atoms with Gasteiger partial charge in [0.15, 0.2) is 17.3 Å². The van der Waals surface area contributed by atoms with E-state index in [4.69, 9.17) is 0 Å². The van der Waals surface area contributed by atoms with Crippen molar-refractivity contribution in [3.63, 3.8) is 0 Å². The summed E-state index contributed by atoms with van der Waals surface area (Å²) in [6, 6.07) is 5.00. The standard InChI is InChI=1S/C13H9BrN4O3/c1-18-8-3-2-6(9(19)5-14)4-7(8)15-10-11(18)16-13(21)17-12(10)20/h2-4H,5H2,1H3,(H,17,20,21). The Morgan fingerprint density at radius 1 is 1.33 bits per heavy atom. The average molecular weight is 349 g/mol. The number of benzene rings is 1. The predicted octanol–water partition coefficient (Wildman–Crippen LogP) is 0.699. The van der Waals surface area contributed by atoms with E-state index in [1.54, 1.807) is 29.8 Å². The summed E-state index contributed by atoms with van der Waals surface area (Å²) in [6.07, 6.45) is 0. The highest BCUT2D eigenvalue weighted by Gasteiger charge is 2.17. The number of nitrogens with one attached hydrogen (secondary N) is 1. The third-order valence-electron chi connectivity index (χ3n) is 3.18. The summed E-state index contributed by atoms with van der Waals surface area (Å²) >= 11 is 3.11. The third kappa shape index (κ3) is 2.17. The molecular weight excluding hydrogens is 340 g/mol. The quantitative estimate of drug-likeness (QED) is 0.417. The molecule has 0 bridgehead atoms. The molecular formula is C13H9BrN4O3. The number of carbonyl (C=O) groups is 1. The van der Waals surface area contributed by atoms with E-state index in [0.717, 1.165) is 0 Å². The molecule has 2 aliphatic heterocycles. The number of carbonyl (C=O) groups excluding carboxylic acids is 1. The highest BCUT2D eigenvalue weighted by atomic mass is 79.9. The van der Waals surface area contributed by atoms with Gasteiger partial charge in [0.25, 0.3) is 5.56 Å². The minimum absolute atomic E-state index is 0.0630. The molecule has 0 amide bonds. The lowest BCUT2D eigenvalue weighted by atomic mass is 10.1. The molecule has 0 saturated carbocycles. The minimum atomic E-state index is -0.713. The van der Waals surface area contributed by atoms with Gasteiger partial charge in [0.1, 0.15) is 0 Å². The van der Waals surface area contributed by atoms with E-state index in [0.29, 0.717) is 16.6 Å². The number of rotatable bonds is 2. The summed E-state index contributed by atoms with van der Waals surface area (Å²) in [6.45, 7) is 0. The molecule has 0 saturated heterocycles. The Labute approximate surface area is 126 Å². The van der Waals surface area contributed by atoms with Crippen molar-refractivity contribution in [3.05, 3.63) is 44.6 Å². The van der Waals surface area contributed by atoms with Crippen molar-refractivity contribution in [2.24, 2.45) is 7.05 Å². The summed E-state index contributed by atoms with van der Waals surface area (Å²) in [5, 5.41) is 0.208. The second kappa shape index (κ2) is 4.88. The lowest BCUT2D eigenvalue weighted by Gasteiger charge is -2.12. The van der Waals surface area contributed by atoms with Crippen molar-refractivity contribution in [1.29, 1.82) is 0 Å². The number of aryl methyl sites for hydroxylation is 1. The van der Waals surface area contributed by atoms with Gasteiger partial charge in [0.2, 0.25) is 0 Å². The first-order valence-corrected chi connectivity index (χ1v) is 7.13. The van der Waals surface area contributed by atoms with Crippen LogP contribution in [0.2, 0.25) is 0 Å². The fraction of sp³-hybridized carbons (Fsp3) is 0.154. The average Bonchev–Trinajstić information content (AvgIpc) is 2.47. The highest BCUT2D eigenvalue weighted by molar-refractivity contribution is 9.09. The van der Waals surface area contributed by atoms with Gasteiger partial charge in [-0.2, -0.15) is 4.98 Å². The van der Waals surface area contributed by atoms with Gasteiger partial charge in [0.05, 0.1) is 16.4 Å². The first-order chi connectivity index (χ1) is 10.0. The van der Waals surface area contributed by atoms with Gasteiger partial charge in [-0.15, -0.1) is 0 Å². The molecule has 8 heteroatoms. The van der Waals surface area contributed by atoms with Crippen LogP contribution >= 0.6 is 15.9 Å². The van der Waals surface area contributed by atoms with E-state index in [2.05, 4.69) is 30.9 Å². The van der Waals surface area contributed by atoms with Crippen molar-refractivity contribution in [2.45, 2.75) is 0 Å². The zero-order chi connectivity index (χ0) is 15.1. The molecule has 1 aromatic carbocycles. The van der Waals surface area contributed by atoms with Crippen molar-refractivity contribution in [3.8, 4) is 11.5 Å². The number of Topliss-reactive ketones (excluding diaryl/α,β-unsaturated/α-hetero) is 1. The molecule has 0 fully saturated rings. The maximum atomic E-state index is 11.8. The molecule has 1 aromatic rings. The Balaban J connectivity index is 2.43. The van der Waals surface area contributed by atoms with Crippen LogP contribution in [0.5, 0.6) is 0 Å². The summed E-state index contributed by atoms with van der Waals surface area (Å²) < 4.78 is 1.61. The van der Waals surface area contributed by atoms with Crippen molar-refractivity contribution in [2.75, 3.05) is 5.33 Å². The number of fused-ring (bicyclic) bond motifs is 2. The van der Waals surface area contributed by atoms with E-state index in [1.807, 2.05) is 0 Å². The normalized spacial score (nSPS) is 11.1. The lowest BCUT2D eigenvalue weighted by Crippen LogP contribution is -2.28. The van der Waals surface area contributed by atoms with E-state index in [1.165, 1.54) is 0 Å². The van der Waals surface area contributed by atoms with Gasteiger partial charge in [-0.1, -0.05) is 15.9 Å². The van der Waals surface area contributed by atoms with Gasteiger partial charge in [-0.3, -0.25) is 14.6 Å². The zero-order valence-electron chi connectivity index (χ0n) is 10.9. The third-order valence-corrected chi connectivity index (χ3v) is 3.69. The molecule has 0 aliphatic carbocycles. The van der Waals surface area contributed by atoms with Gasteiger partial charge in [-0.05, 0) is 18.2 Å². The molecule has 3 rings (SSSR count). The van der Waals surface area contributed by atoms with Crippen LogP contribution in [0, 0.1) is 0 Å². The number of H-pyrrole nitrogens is 1. The molecule has 2 heterocycles. The first kappa shape index (κ1) is 13.6. The minimum Gasteiger partial charge on any atom is -0.325 e. The molecule has 0 radical (unpaired) electrons. The maximum Gasteiger partial charge on any atom is 0.349 e. The molecule has 0 aromatic heterocycles. The molecule has 106 valence electrons. The lowest BCUT2D eigenvalue weighted by molar-refractivity contribution is 0.102. The maximum absolute atomic E-state index is 11.8. The Bertz CT molecular complexity index is 960. The van der Waals surface area contributed by atoms with E-state index >= 15 is 0 Å². The Hall–Kier alpha value is -2.35. The Morgan fingerprint density at radius 2 is 2.10 bits per heavy atom. The number of aromatic amines is 1. The number of halogens is 1. The second-order valence-electron chi connectivity index (χ2n) is 4.47. The highest BCUT2D eigenvalue weighted by Crippen LogP contribution is 2.20. The van der Waals surface area contributed by atoms with E-state index < -0.39 is 11.2 Å². The summed E-state index contributed by atoms with van der Waals surface area (Å²) in [4.78, 5) is 44.9. The van der Waals surface area contributed by atoms with Crippen LogP contribution in [0.15, 0.2) is 27.8 Å². The number of hydrogen-bond acceptors (Lipinski definition) is 5. The zero-order valence-corrected chi connectivity index (χ0v) is 12.5. The smallest absolute Gasteiger partial charge is 0.325 e. The monoisotopic (exact) mass is 348 g/mol. The largest absolute Gasteiger partial charge is 0.349 e. The first-order valence-electron chi connectivity index (χ1n) is 6.01. The van der Waals surface area contributed by atoms with Crippen LogP contribution in [0.1, 0.15) is 10.4 Å². The Morgan fingerprint density at radius 3 is 2.81 bits per heavy atom. The van der Waals surface area contributed by atoms with Gasteiger partial charge >= 0.3 is 5.69 Å². The molecule has 1 N–H and O–H groups in total. The Kier molecular flexibility index (Phi) is 3.17. The summed E-state index contributed by atoms with van der Waals surface area (Å²) in [7, 11) is 1.68. The summed E-state index contributed by atoms with van der Waals surface area (Å²) in [5.74, 6) is 0.124. The van der Waals surface area contributed by atoms with Crippen molar-refractivity contribution in [1.82, 2.24) is 19.5 Å². The molecule has 0 unspecified atom stereocenters. The van der Waals surface area contributed by atoms with Crippen LogP contribution < -0.4 is 11.2 Å². The molecule has 21 heavy (non-hydrogen) atoms. The van der Waals surface area contributed by atoms with Gasteiger partial charge in [0, 0.05) is 12.6 Å². The van der Waals surface area contributed by atoms with Gasteiger partial charge < -0.3 is 4.57 Å². The van der Waals surface area contributed by atoms with Crippen LogP contribution in [-0.2, 0) is 7.05 Å². The molecule has 0 atom stereocenters. The molecule has 0 spiro atoms. The SMILES string of the molecule is Cn1c2nc(=O)[nH]c(=O)c-2nc2cc(C(=O)CBr)ccc21.